The number of benzene rings is 1. The van der Waals surface area contributed by atoms with Gasteiger partial charge in [0.2, 0.25) is 0 Å². The van der Waals surface area contributed by atoms with Crippen molar-refractivity contribution in [2.24, 2.45) is 5.92 Å². The fraction of sp³-hybridized carbons (Fsp3) is 0.647. The molecule has 1 fully saturated rings. The van der Waals surface area contributed by atoms with Gasteiger partial charge in [-0.1, -0.05) is 25.8 Å². The summed E-state index contributed by atoms with van der Waals surface area (Å²) >= 11 is 0. The Morgan fingerprint density at radius 1 is 1.26 bits per heavy atom. The molecule has 2 nitrogen and oxygen atoms in total. The van der Waals surface area contributed by atoms with Crippen LogP contribution in [-0.4, -0.2) is 13.2 Å². The van der Waals surface area contributed by atoms with E-state index in [0.717, 1.165) is 24.8 Å². The molecular weight excluding hydrogens is 234 g/mol. The third-order valence-corrected chi connectivity index (χ3v) is 4.37. The van der Waals surface area contributed by atoms with Crippen molar-refractivity contribution in [2.75, 3.05) is 13.2 Å². The highest BCUT2D eigenvalue weighted by molar-refractivity contribution is 5.39. The summed E-state index contributed by atoms with van der Waals surface area (Å²) in [6, 6.07) is 7.22. The van der Waals surface area contributed by atoms with E-state index < -0.39 is 0 Å². The second-order valence-electron chi connectivity index (χ2n) is 5.94. The average Bonchev–Trinajstić information content (AvgIpc) is 3.24. The zero-order valence-corrected chi connectivity index (χ0v) is 12.0. The van der Waals surface area contributed by atoms with Crippen molar-refractivity contribution < 1.29 is 4.74 Å². The highest BCUT2D eigenvalue weighted by Gasteiger charge is 2.22. The second-order valence-corrected chi connectivity index (χ2v) is 5.94. The number of nitrogens with one attached hydrogen (secondary N) is 1. The molecule has 0 radical (unpaired) electrons. The standard InChI is InChI=1S/C17H25NO/c1-2-18-17-5-3-4-14-8-9-15(12-16(14)17)19-11-10-13-6-7-13/h8-9,12-13,17-18H,2-7,10-11H2,1H3. The van der Waals surface area contributed by atoms with Crippen LogP contribution in [0.25, 0.3) is 0 Å². The first-order chi connectivity index (χ1) is 9.36. The predicted molar refractivity (Wildman–Crippen MR) is 78.6 cm³/mol. The van der Waals surface area contributed by atoms with Crippen molar-refractivity contribution in [1.82, 2.24) is 5.32 Å². The van der Waals surface area contributed by atoms with Crippen LogP contribution in [0.5, 0.6) is 5.75 Å². The van der Waals surface area contributed by atoms with Gasteiger partial charge < -0.3 is 10.1 Å². The molecule has 1 aromatic carbocycles. The quantitative estimate of drug-likeness (QED) is 0.837. The minimum Gasteiger partial charge on any atom is -0.494 e. The van der Waals surface area contributed by atoms with Gasteiger partial charge in [0.15, 0.2) is 0 Å². The Morgan fingerprint density at radius 2 is 2.16 bits per heavy atom. The molecule has 104 valence electrons. The van der Waals surface area contributed by atoms with E-state index in [4.69, 9.17) is 4.74 Å². The van der Waals surface area contributed by atoms with E-state index >= 15 is 0 Å². The Labute approximate surface area is 116 Å². The fourth-order valence-electron chi connectivity index (χ4n) is 3.08. The van der Waals surface area contributed by atoms with Crippen LogP contribution < -0.4 is 10.1 Å². The second kappa shape index (κ2) is 5.96. The van der Waals surface area contributed by atoms with Crippen LogP contribution in [-0.2, 0) is 6.42 Å². The Hall–Kier alpha value is -1.02. The SMILES string of the molecule is CCNC1CCCc2ccc(OCCC3CC3)cc21. The lowest BCUT2D eigenvalue weighted by Gasteiger charge is -2.26. The molecule has 2 aliphatic carbocycles. The molecule has 0 saturated heterocycles. The monoisotopic (exact) mass is 259 g/mol. The summed E-state index contributed by atoms with van der Waals surface area (Å²) in [6.45, 7) is 4.11. The maximum Gasteiger partial charge on any atom is 0.119 e. The minimum atomic E-state index is 0.528. The van der Waals surface area contributed by atoms with E-state index in [1.807, 2.05) is 0 Å². The summed E-state index contributed by atoms with van der Waals surface area (Å²) in [7, 11) is 0. The lowest BCUT2D eigenvalue weighted by atomic mass is 9.87. The van der Waals surface area contributed by atoms with Crippen LogP contribution in [0.3, 0.4) is 0 Å². The van der Waals surface area contributed by atoms with Gasteiger partial charge >= 0.3 is 0 Å². The van der Waals surface area contributed by atoms with E-state index in [2.05, 4.69) is 30.4 Å². The molecule has 0 bridgehead atoms. The van der Waals surface area contributed by atoms with Crippen molar-refractivity contribution in [3.63, 3.8) is 0 Å². The predicted octanol–water partition coefficient (Wildman–Crippen LogP) is 3.85. The number of hydrogen-bond acceptors (Lipinski definition) is 2. The van der Waals surface area contributed by atoms with Crippen molar-refractivity contribution in [2.45, 2.75) is 51.5 Å². The maximum atomic E-state index is 5.92. The number of hydrogen-bond donors (Lipinski definition) is 1. The van der Waals surface area contributed by atoms with E-state index in [-0.39, 0.29) is 0 Å². The zero-order chi connectivity index (χ0) is 13.1. The summed E-state index contributed by atoms with van der Waals surface area (Å²) in [6.07, 6.45) is 7.83. The van der Waals surface area contributed by atoms with Crippen molar-refractivity contribution in [3.05, 3.63) is 29.3 Å². The van der Waals surface area contributed by atoms with Gasteiger partial charge in [-0.05, 0) is 61.4 Å². The summed E-state index contributed by atoms with van der Waals surface area (Å²) in [5.74, 6) is 2.01. The lowest BCUT2D eigenvalue weighted by molar-refractivity contribution is 0.301. The van der Waals surface area contributed by atoms with Crippen LogP contribution in [0.2, 0.25) is 0 Å². The van der Waals surface area contributed by atoms with Crippen LogP contribution in [0.1, 0.15) is 56.2 Å². The molecule has 0 heterocycles. The van der Waals surface area contributed by atoms with Crippen LogP contribution in [0.15, 0.2) is 18.2 Å². The average molecular weight is 259 g/mol. The van der Waals surface area contributed by atoms with Gasteiger partial charge in [0.1, 0.15) is 5.75 Å². The molecule has 19 heavy (non-hydrogen) atoms. The zero-order valence-electron chi connectivity index (χ0n) is 12.0. The highest BCUT2D eigenvalue weighted by atomic mass is 16.5. The fourth-order valence-corrected chi connectivity index (χ4v) is 3.08. The summed E-state index contributed by atoms with van der Waals surface area (Å²) in [5.41, 5.74) is 2.98. The van der Waals surface area contributed by atoms with Crippen molar-refractivity contribution in [1.29, 1.82) is 0 Å². The molecule has 1 aromatic rings. The first-order valence-corrected chi connectivity index (χ1v) is 7.86. The number of fused-ring (bicyclic) bond motifs is 1. The van der Waals surface area contributed by atoms with Gasteiger partial charge in [-0.2, -0.15) is 0 Å². The van der Waals surface area contributed by atoms with E-state index in [1.54, 1.807) is 0 Å². The summed E-state index contributed by atoms with van der Waals surface area (Å²) in [5, 5.41) is 3.60. The Balaban J connectivity index is 1.66. The molecule has 0 aromatic heterocycles. The molecule has 2 aliphatic rings. The first-order valence-electron chi connectivity index (χ1n) is 7.86. The molecule has 1 N–H and O–H groups in total. The Kier molecular flexibility index (Phi) is 4.07. The maximum absolute atomic E-state index is 5.92. The first kappa shape index (κ1) is 13.0. The molecule has 2 heteroatoms. The molecular formula is C17H25NO. The van der Waals surface area contributed by atoms with E-state index in [9.17, 15) is 0 Å². The molecule has 0 spiro atoms. The molecule has 0 amide bonds. The molecule has 0 aliphatic heterocycles. The number of rotatable bonds is 6. The molecule has 1 atom stereocenters. The topological polar surface area (TPSA) is 21.3 Å². The summed E-state index contributed by atoms with van der Waals surface area (Å²) < 4.78 is 5.92. The van der Waals surface area contributed by atoms with Gasteiger partial charge in [-0.25, -0.2) is 0 Å². The molecule has 1 saturated carbocycles. The van der Waals surface area contributed by atoms with Gasteiger partial charge in [-0.15, -0.1) is 0 Å². The Morgan fingerprint density at radius 3 is 2.95 bits per heavy atom. The van der Waals surface area contributed by atoms with Crippen molar-refractivity contribution >= 4 is 0 Å². The van der Waals surface area contributed by atoms with Crippen LogP contribution >= 0.6 is 0 Å². The third kappa shape index (κ3) is 3.30. The van der Waals surface area contributed by atoms with Crippen LogP contribution in [0, 0.1) is 5.92 Å². The third-order valence-electron chi connectivity index (χ3n) is 4.37. The van der Waals surface area contributed by atoms with Gasteiger partial charge in [0.25, 0.3) is 0 Å². The highest BCUT2D eigenvalue weighted by Crippen LogP contribution is 2.34. The van der Waals surface area contributed by atoms with Crippen molar-refractivity contribution in [3.8, 4) is 5.75 Å². The van der Waals surface area contributed by atoms with Gasteiger partial charge in [0, 0.05) is 6.04 Å². The molecule has 3 rings (SSSR count). The van der Waals surface area contributed by atoms with Crippen LogP contribution in [0.4, 0.5) is 0 Å². The van der Waals surface area contributed by atoms with Gasteiger partial charge in [-0.3, -0.25) is 0 Å². The Bertz CT molecular complexity index is 425. The summed E-state index contributed by atoms with van der Waals surface area (Å²) in [4.78, 5) is 0. The largest absolute Gasteiger partial charge is 0.494 e. The normalized spacial score (nSPS) is 22.1. The number of aryl methyl sites for hydroxylation is 1. The minimum absolute atomic E-state index is 0.528. The van der Waals surface area contributed by atoms with E-state index in [0.29, 0.717) is 6.04 Å². The smallest absolute Gasteiger partial charge is 0.119 e. The van der Waals surface area contributed by atoms with Gasteiger partial charge in [0.05, 0.1) is 6.61 Å². The number of ether oxygens (including phenoxy) is 1. The lowest BCUT2D eigenvalue weighted by Crippen LogP contribution is -2.24. The molecule has 1 unspecified atom stereocenters. The van der Waals surface area contributed by atoms with E-state index in [1.165, 1.54) is 49.7 Å².